The second kappa shape index (κ2) is 9.28. The molecule has 3 amide bonds. The monoisotopic (exact) mass is 389 g/mol. The van der Waals surface area contributed by atoms with Crippen LogP contribution >= 0.6 is 0 Å². The van der Waals surface area contributed by atoms with Crippen molar-refractivity contribution < 1.29 is 19.1 Å². The number of anilines is 1. The number of carbonyl (C=O) groups excluding carboxylic acids is 2. The van der Waals surface area contributed by atoms with E-state index in [1.807, 2.05) is 29.2 Å². The Hall–Kier alpha value is -2.28. The van der Waals surface area contributed by atoms with Gasteiger partial charge in [0, 0.05) is 33.2 Å². The van der Waals surface area contributed by atoms with Gasteiger partial charge in [-0.25, -0.2) is 4.79 Å². The summed E-state index contributed by atoms with van der Waals surface area (Å²) < 4.78 is 11.3. The van der Waals surface area contributed by atoms with E-state index in [2.05, 4.69) is 19.2 Å². The highest BCUT2D eigenvalue weighted by molar-refractivity contribution is 5.95. The van der Waals surface area contributed by atoms with Gasteiger partial charge in [0.25, 0.3) is 0 Å². The molecule has 2 fully saturated rings. The van der Waals surface area contributed by atoms with E-state index in [1.165, 1.54) is 0 Å². The van der Waals surface area contributed by atoms with E-state index >= 15 is 0 Å². The minimum atomic E-state index is -0.480. The number of urea groups is 1. The molecule has 2 atom stereocenters. The van der Waals surface area contributed by atoms with Gasteiger partial charge in [-0.2, -0.15) is 0 Å². The summed E-state index contributed by atoms with van der Waals surface area (Å²) >= 11 is 0. The highest BCUT2D eigenvalue weighted by Gasteiger charge is 2.42. The minimum Gasteiger partial charge on any atom is -0.491 e. The third kappa shape index (κ3) is 4.76. The number of ether oxygens (including phenoxy) is 2. The van der Waals surface area contributed by atoms with Crippen LogP contribution in [0.25, 0.3) is 0 Å². The summed E-state index contributed by atoms with van der Waals surface area (Å²) in [6.45, 7) is 6.67. The van der Waals surface area contributed by atoms with Gasteiger partial charge in [-0.05, 0) is 30.9 Å². The summed E-state index contributed by atoms with van der Waals surface area (Å²) in [5.41, 5.74) is 0.612. The van der Waals surface area contributed by atoms with Gasteiger partial charge in [0.15, 0.2) is 0 Å². The van der Waals surface area contributed by atoms with E-state index in [-0.39, 0.29) is 18.0 Å². The molecule has 0 aliphatic carbocycles. The Bertz CT molecular complexity index is 688. The first-order chi connectivity index (χ1) is 13.5. The Morgan fingerprint density at radius 2 is 1.93 bits per heavy atom. The Morgan fingerprint density at radius 3 is 2.61 bits per heavy atom. The molecule has 2 aliphatic rings. The fourth-order valence-electron chi connectivity index (χ4n) is 3.71. The number of methoxy groups -OCH3 is 1. The highest BCUT2D eigenvalue weighted by atomic mass is 16.5. The van der Waals surface area contributed by atoms with E-state index in [4.69, 9.17) is 9.47 Å². The van der Waals surface area contributed by atoms with E-state index in [1.54, 1.807) is 12.0 Å². The fraction of sp³-hybridized carbons (Fsp3) is 0.619. The number of hydrogen-bond donors (Lipinski definition) is 1. The van der Waals surface area contributed by atoms with Crippen molar-refractivity contribution in [3.63, 3.8) is 0 Å². The molecule has 2 aliphatic heterocycles. The van der Waals surface area contributed by atoms with Crippen molar-refractivity contribution >= 4 is 17.6 Å². The maximum absolute atomic E-state index is 13.0. The predicted molar refractivity (Wildman–Crippen MR) is 108 cm³/mol. The summed E-state index contributed by atoms with van der Waals surface area (Å²) in [4.78, 5) is 29.4. The smallest absolute Gasteiger partial charge is 0.322 e. The van der Waals surface area contributed by atoms with Crippen LogP contribution in [-0.4, -0.2) is 67.2 Å². The molecule has 0 bridgehead atoms. The highest BCUT2D eigenvalue weighted by Crippen LogP contribution is 2.28. The van der Waals surface area contributed by atoms with Crippen LogP contribution in [0, 0.1) is 5.92 Å². The number of para-hydroxylation sites is 2. The van der Waals surface area contributed by atoms with Crippen LogP contribution in [0.1, 0.15) is 33.1 Å². The molecule has 0 unspecified atom stereocenters. The quantitative estimate of drug-likeness (QED) is 0.812. The van der Waals surface area contributed by atoms with Crippen LogP contribution in [0.2, 0.25) is 0 Å². The number of amides is 3. The molecule has 2 heterocycles. The third-order valence-electron chi connectivity index (χ3n) is 5.26. The number of nitrogens with zero attached hydrogens (tertiary/aromatic N) is 2. The Labute approximate surface area is 167 Å². The SMILES string of the molecule is CO[C@H]1C[C@@H](C(=O)N2CCCC2)N(C(=O)Nc2ccccc2OCC(C)C)C1. The van der Waals surface area contributed by atoms with Crippen molar-refractivity contribution in [3.05, 3.63) is 24.3 Å². The molecule has 0 saturated carbocycles. The lowest BCUT2D eigenvalue weighted by Crippen LogP contribution is -2.48. The van der Waals surface area contributed by atoms with E-state index in [9.17, 15) is 9.59 Å². The summed E-state index contributed by atoms with van der Waals surface area (Å²) in [7, 11) is 1.62. The molecule has 1 aromatic rings. The summed E-state index contributed by atoms with van der Waals surface area (Å²) in [5, 5.41) is 2.93. The Morgan fingerprint density at radius 1 is 1.21 bits per heavy atom. The molecule has 7 nitrogen and oxygen atoms in total. The molecule has 3 rings (SSSR count). The third-order valence-corrected chi connectivity index (χ3v) is 5.26. The van der Waals surface area contributed by atoms with Crippen LogP contribution < -0.4 is 10.1 Å². The average molecular weight is 389 g/mol. The van der Waals surface area contributed by atoms with Gasteiger partial charge >= 0.3 is 6.03 Å². The van der Waals surface area contributed by atoms with Crippen LogP contribution in [0.3, 0.4) is 0 Å². The first-order valence-electron chi connectivity index (χ1n) is 10.1. The van der Waals surface area contributed by atoms with Crippen molar-refractivity contribution in [3.8, 4) is 5.75 Å². The largest absolute Gasteiger partial charge is 0.491 e. The van der Waals surface area contributed by atoms with E-state index < -0.39 is 6.04 Å². The molecule has 0 radical (unpaired) electrons. The zero-order valence-corrected chi connectivity index (χ0v) is 17.0. The predicted octanol–water partition coefficient (Wildman–Crippen LogP) is 2.97. The number of carbonyl (C=O) groups is 2. The van der Waals surface area contributed by atoms with Crippen molar-refractivity contribution in [1.82, 2.24) is 9.80 Å². The molecule has 0 aromatic heterocycles. The number of nitrogens with one attached hydrogen (secondary N) is 1. The number of hydrogen-bond acceptors (Lipinski definition) is 4. The zero-order valence-electron chi connectivity index (χ0n) is 17.0. The van der Waals surface area contributed by atoms with Crippen molar-refractivity contribution in [2.75, 3.05) is 38.7 Å². The van der Waals surface area contributed by atoms with Crippen molar-refractivity contribution in [1.29, 1.82) is 0 Å². The van der Waals surface area contributed by atoms with Crippen molar-refractivity contribution in [2.24, 2.45) is 5.92 Å². The summed E-state index contributed by atoms with van der Waals surface area (Å²) in [6.07, 6.45) is 2.46. The van der Waals surface area contributed by atoms with Gasteiger partial charge in [-0.1, -0.05) is 26.0 Å². The Kier molecular flexibility index (Phi) is 6.78. The molecule has 7 heteroatoms. The van der Waals surface area contributed by atoms with E-state index in [0.717, 1.165) is 25.9 Å². The molecule has 28 heavy (non-hydrogen) atoms. The van der Waals surface area contributed by atoms with Gasteiger partial charge in [-0.3, -0.25) is 4.79 Å². The summed E-state index contributed by atoms with van der Waals surface area (Å²) in [5.74, 6) is 1.04. The normalized spacial score (nSPS) is 22.0. The standard InChI is InChI=1S/C21H31N3O4/c1-15(2)14-28-19-9-5-4-8-17(19)22-21(26)24-13-16(27-3)12-18(24)20(25)23-10-6-7-11-23/h4-5,8-9,15-16,18H,6-7,10-14H2,1-3H3,(H,22,26)/t16-,18-/m0/s1. The fourth-order valence-corrected chi connectivity index (χ4v) is 3.71. The second-order valence-electron chi connectivity index (χ2n) is 7.93. The van der Waals surface area contributed by atoms with Crippen LogP contribution in [0.15, 0.2) is 24.3 Å². The molecular formula is C21H31N3O4. The maximum atomic E-state index is 13.0. The molecule has 0 spiro atoms. The van der Waals surface area contributed by atoms with Crippen LogP contribution in [-0.2, 0) is 9.53 Å². The van der Waals surface area contributed by atoms with Gasteiger partial charge < -0.3 is 24.6 Å². The lowest BCUT2D eigenvalue weighted by molar-refractivity contribution is -0.134. The lowest BCUT2D eigenvalue weighted by atomic mass is 10.1. The topological polar surface area (TPSA) is 71.1 Å². The number of benzene rings is 1. The average Bonchev–Trinajstić information content (AvgIpc) is 3.36. The van der Waals surface area contributed by atoms with Crippen molar-refractivity contribution in [2.45, 2.75) is 45.3 Å². The van der Waals surface area contributed by atoms with Gasteiger partial charge in [0.2, 0.25) is 5.91 Å². The first-order valence-corrected chi connectivity index (χ1v) is 10.1. The number of likely N-dealkylation sites (tertiary alicyclic amines) is 2. The van der Waals surface area contributed by atoms with Gasteiger partial charge in [0.05, 0.1) is 18.4 Å². The first kappa shape index (κ1) is 20.5. The second-order valence-corrected chi connectivity index (χ2v) is 7.93. The molecule has 1 N–H and O–H groups in total. The van der Waals surface area contributed by atoms with E-state index in [0.29, 0.717) is 36.9 Å². The Balaban J connectivity index is 1.72. The van der Waals surface area contributed by atoms with Gasteiger partial charge in [0.1, 0.15) is 11.8 Å². The van der Waals surface area contributed by atoms with Crippen LogP contribution in [0.5, 0.6) is 5.75 Å². The maximum Gasteiger partial charge on any atom is 0.322 e. The summed E-state index contributed by atoms with van der Waals surface area (Å²) in [6, 6.07) is 6.61. The molecule has 154 valence electrons. The van der Waals surface area contributed by atoms with Crippen LogP contribution in [0.4, 0.5) is 10.5 Å². The molecular weight excluding hydrogens is 358 g/mol. The molecule has 2 saturated heterocycles. The van der Waals surface area contributed by atoms with Gasteiger partial charge in [-0.15, -0.1) is 0 Å². The lowest BCUT2D eigenvalue weighted by Gasteiger charge is -2.27. The number of rotatable bonds is 6. The molecule has 1 aromatic carbocycles. The zero-order chi connectivity index (χ0) is 20.1. The minimum absolute atomic E-state index is 0.0246.